The van der Waals surface area contributed by atoms with E-state index in [1.54, 1.807) is 6.07 Å². The number of hydrogen-bond acceptors (Lipinski definition) is 5. The third kappa shape index (κ3) is 4.70. The molecule has 1 aliphatic heterocycles. The Balaban J connectivity index is 1.04. The Morgan fingerprint density at radius 2 is 1.81 bits per heavy atom. The minimum atomic E-state index is -0.147. The fourth-order valence-electron chi connectivity index (χ4n) is 4.68. The number of aromatic amines is 1. The molecule has 0 saturated carbocycles. The SMILES string of the molecule is O=c1ccc2ccc(OCCCCN3CCN(C4=CCCc5ccccc54)CC3)nc2[nH]1. The number of hydrogen-bond donors (Lipinski definition) is 1. The van der Waals surface area contributed by atoms with Gasteiger partial charge in [0.25, 0.3) is 0 Å². The van der Waals surface area contributed by atoms with Crippen molar-refractivity contribution in [1.29, 1.82) is 0 Å². The first-order chi connectivity index (χ1) is 15.8. The number of fused-ring (bicyclic) bond motifs is 2. The standard InChI is InChI=1S/C26H30N4O2/c31-24-12-10-21-11-13-25(28-26(21)27-24)32-19-4-3-14-29-15-17-30(18-16-29)23-9-5-7-20-6-1-2-8-22(20)23/h1-2,6,8-13H,3-5,7,14-19H2,(H,27,28,31). The van der Waals surface area contributed by atoms with Gasteiger partial charge in [-0.2, -0.15) is 4.98 Å². The van der Waals surface area contributed by atoms with Crippen molar-refractivity contribution in [2.45, 2.75) is 25.7 Å². The van der Waals surface area contributed by atoms with Crippen molar-refractivity contribution in [3.63, 3.8) is 0 Å². The maximum atomic E-state index is 11.5. The van der Waals surface area contributed by atoms with Gasteiger partial charge >= 0.3 is 0 Å². The molecule has 0 unspecified atom stereocenters. The minimum absolute atomic E-state index is 0.147. The molecule has 0 spiro atoms. The van der Waals surface area contributed by atoms with Gasteiger partial charge in [0.05, 0.1) is 6.61 Å². The zero-order chi connectivity index (χ0) is 21.8. The number of pyridine rings is 2. The summed E-state index contributed by atoms with van der Waals surface area (Å²) in [5, 5.41) is 0.906. The Labute approximate surface area is 188 Å². The number of benzene rings is 1. The number of allylic oxidation sites excluding steroid dienone is 1. The first kappa shape index (κ1) is 20.8. The van der Waals surface area contributed by atoms with Crippen molar-refractivity contribution in [2.24, 2.45) is 0 Å². The third-order valence-corrected chi connectivity index (χ3v) is 6.43. The van der Waals surface area contributed by atoms with Crippen LogP contribution >= 0.6 is 0 Å². The lowest BCUT2D eigenvalue weighted by molar-refractivity contribution is 0.169. The summed E-state index contributed by atoms with van der Waals surface area (Å²) in [6.07, 6.45) is 6.83. The lowest BCUT2D eigenvalue weighted by Gasteiger charge is -2.38. The van der Waals surface area contributed by atoms with Gasteiger partial charge in [-0.05, 0) is 49.9 Å². The Morgan fingerprint density at radius 1 is 0.969 bits per heavy atom. The molecule has 166 valence electrons. The van der Waals surface area contributed by atoms with Crippen molar-refractivity contribution in [3.05, 3.63) is 76.1 Å². The van der Waals surface area contributed by atoms with Crippen molar-refractivity contribution >= 4 is 16.7 Å². The zero-order valence-corrected chi connectivity index (χ0v) is 18.4. The summed E-state index contributed by atoms with van der Waals surface area (Å²) in [7, 11) is 0. The maximum Gasteiger partial charge on any atom is 0.249 e. The Bertz CT molecular complexity index is 1160. The van der Waals surface area contributed by atoms with Crippen LogP contribution in [0.1, 0.15) is 30.4 Å². The number of unbranched alkanes of at least 4 members (excludes halogenated alkanes) is 1. The lowest BCUT2D eigenvalue weighted by Crippen LogP contribution is -2.45. The quantitative estimate of drug-likeness (QED) is 0.580. The van der Waals surface area contributed by atoms with E-state index in [2.05, 4.69) is 50.1 Å². The highest BCUT2D eigenvalue weighted by Gasteiger charge is 2.22. The molecule has 1 fully saturated rings. The molecular formula is C26H30N4O2. The fourth-order valence-corrected chi connectivity index (χ4v) is 4.68. The smallest absolute Gasteiger partial charge is 0.249 e. The Kier molecular flexibility index (Phi) is 6.21. The van der Waals surface area contributed by atoms with E-state index in [1.165, 1.54) is 22.9 Å². The van der Waals surface area contributed by atoms with Crippen molar-refractivity contribution in [1.82, 2.24) is 19.8 Å². The molecule has 0 amide bonds. The minimum Gasteiger partial charge on any atom is -0.478 e. The summed E-state index contributed by atoms with van der Waals surface area (Å²) in [5.74, 6) is 0.564. The highest BCUT2D eigenvalue weighted by molar-refractivity contribution is 5.74. The first-order valence-electron chi connectivity index (χ1n) is 11.6. The van der Waals surface area contributed by atoms with E-state index in [0.29, 0.717) is 18.1 Å². The molecule has 0 bridgehead atoms. The van der Waals surface area contributed by atoms with E-state index in [0.717, 1.165) is 63.8 Å². The van der Waals surface area contributed by atoms with Gasteiger partial charge < -0.3 is 14.6 Å². The molecule has 3 aromatic rings. The molecule has 1 saturated heterocycles. The van der Waals surface area contributed by atoms with E-state index in [4.69, 9.17) is 4.74 Å². The van der Waals surface area contributed by atoms with Crippen molar-refractivity contribution in [2.75, 3.05) is 39.3 Å². The van der Waals surface area contributed by atoms with Gasteiger partial charge in [0, 0.05) is 55.0 Å². The summed E-state index contributed by atoms with van der Waals surface area (Å²) >= 11 is 0. The summed E-state index contributed by atoms with van der Waals surface area (Å²) in [5.41, 5.74) is 4.77. The number of aromatic nitrogens is 2. The number of rotatable bonds is 7. The van der Waals surface area contributed by atoms with Crippen LogP contribution in [0.15, 0.2) is 59.4 Å². The predicted molar refractivity (Wildman–Crippen MR) is 128 cm³/mol. The van der Waals surface area contributed by atoms with Gasteiger partial charge in [-0.25, -0.2) is 0 Å². The average Bonchev–Trinajstić information content (AvgIpc) is 2.83. The number of nitrogens with zero attached hydrogens (tertiary/aromatic N) is 3. The molecule has 6 heteroatoms. The monoisotopic (exact) mass is 430 g/mol. The van der Waals surface area contributed by atoms with Gasteiger partial charge in [-0.15, -0.1) is 0 Å². The van der Waals surface area contributed by atoms with E-state index in [1.807, 2.05) is 12.1 Å². The summed E-state index contributed by atoms with van der Waals surface area (Å²) in [6, 6.07) is 15.9. The van der Waals surface area contributed by atoms with Crippen LogP contribution in [-0.4, -0.2) is 59.1 Å². The van der Waals surface area contributed by atoms with E-state index >= 15 is 0 Å². The van der Waals surface area contributed by atoms with Crippen LogP contribution in [0.5, 0.6) is 5.88 Å². The zero-order valence-electron chi connectivity index (χ0n) is 18.4. The first-order valence-corrected chi connectivity index (χ1v) is 11.6. The van der Waals surface area contributed by atoms with Gasteiger partial charge in [0.15, 0.2) is 0 Å². The summed E-state index contributed by atoms with van der Waals surface area (Å²) in [6.45, 7) is 6.15. The third-order valence-electron chi connectivity index (χ3n) is 6.43. The molecule has 6 nitrogen and oxygen atoms in total. The van der Waals surface area contributed by atoms with E-state index in [-0.39, 0.29) is 5.56 Å². The fraction of sp³-hybridized carbons (Fsp3) is 0.385. The van der Waals surface area contributed by atoms with Crippen LogP contribution in [0, 0.1) is 0 Å². The predicted octanol–water partition coefficient (Wildman–Crippen LogP) is 3.69. The Hall–Kier alpha value is -3.12. The van der Waals surface area contributed by atoms with Crippen molar-refractivity contribution in [3.8, 4) is 5.88 Å². The molecular weight excluding hydrogens is 400 g/mol. The molecule has 0 atom stereocenters. The van der Waals surface area contributed by atoms with Crippen molar-refractivity contribution < 1.29 is 4.74 Å². The van der Waals surface area contributed by atoms with Crippen LogP contribution in [0.2, 0.25) is 0 Å². The molecule has 2 aliphatic rings. The highest BCUT2D eigenvalue weighted by Crippen LogP contribution is 2.29. The number of nitrogens with one attached hydrogen (secondary N) is 1. The number of piperazine rings is 1. The van der Waals surface area contributed by atoms with Gasteiger partial charge in [0.1, 0.15) is 5.65 Å². The van der Waals surface area contributed by atoms with Gasteiger partial charge in [-0.3, -0.25) is 9.69 Å². The topological polar surface area (TPSA) is 61.5 Å². The second kappa shape index (κ2) is 9.57. The number of aryl methyl sites for hydroxylation is 1. The highest BCUT2D eigenvalue weighted by atomic mass is 16.5. The Morgan fingerprint density at radius 3 is 2.72 bits per heavy atom. The normalized spacial score (nSPS) is 16.6. The van der Waals surface area contributed by atoms with Crippen LogP contribution in [0.4, 0.5) is 0 Å². The number of ether oxygens (including phenoxy) is 1. The molecule has 2 aromatic heterocycles. The summed E-state index contributed by atoms with van der Waals surface area (Å²) < 4.78 is 5.81. The molecule has 32 heavy (non-hydrogen) atoms. The van der Waals surface area contributed by atoms with Gasteiger partial charge in [-0.1, -0.05) is 30.3 Å². The molecule has 0 radical (unpaired) electrons. The van der Waals surface area contributed by atoms with Crippen LogP contribution in [0.25, 0.3) is 16.7 Å². The number of H-pyrrole nitrogens is 1. The van der Waals surface area contributed by atoms with Crippen LogP contribution in [-0.2, 0) is 6.42 Å². The maximum absolute atomic E-state index is 11.5. The second-order valence-electron chi connectivity index (χ2n) is 8.58. The molecule has 5 rings (SSSR count). The van der Waals surface area contributed by atoms with Crippen LogP contribution < -0.4 is 10.3 Å². The van der Waals surface area contributed by atoms with Gasteiger partial charge in [0.2, 0.25) is 11.4 Å². The van der Waals surface area contributed by atoms with E-state index < -0.39 is 0 Å². The van der Waals surface area contributed by atoms with Crippen LogP contribution in [0.3, 0.4) is 0 Å². The second-order valence-corrected chi connectivity index (χ2v) is 8.58. The van der Waals surface area contributed by atoms with E-state index in [9.17, 15) is 4.79 Å². The molecule has 1 aromatic carbocycles. The molecule has 3 heterocycles. The summed E-state index contributed by atoms with van der Waals surface area (Å²) in [4.78, 5) is 23.7. The molecule has 1 N–H and O–H groups in total. The average molecular weight is 431 g/mol. The molecule has 1 aliphatic carbocycles. The largest absolute Gasteiger partial charge is 0.478 e. The lowest BCUT2D eigenvalue weighted by atomic mass is 9.94.